The van der Waals surface area contributed by atoms with Gasteiger partial charge < -0.3 is 48.8 Å². The monoisotopic (exact) mass is 1800 g/mol. The van der Waals surface area contributed by atoms with Gasteiger partial charge >= 0.3 is 0 Å². The van der Waals surface area contributed by atoms with Gasteiger partial charge in [-0.05, 0) is 178 Å². The minimum atomic E-state index is -0.739. The van der Waals surface area contributed by atoms with E-state index in [0.717, 1.165) is 115 Å². The molecule has 14 heterocycles. The first kappa shape index (κ1) is 88.4. The third-order valence-electron chi connectivity index (χ3n) is 25.0. The standard InChI is InChI=1S/C28H24N4O3.C26H27N3O3S.C25H25N3O3S.C24H21N3O5/c33-26-8-11-35-16-25(26)32-17-31-27-22-6-2-1-5-21(22)20(14-23(27)28(32)34)12-18-7-10-30-24(13-18)19-4-3-9-29-15-19;1-16(2)33-24-8-7-17(13-27-24)11-18-12-21-25(20-6-4-3-5-19(18)20)28-15-29(26(21)31)22-9-10-32-14-23(22)30;1-2-32-23-8-7-16(13-26-23)11-17-12-20-24(19-6-4-3-5-18(17)19)27-15-28(25(20)30)21-9-10-31-14-22(21)29;28-20-11-30-8-6-19(20)27-12-26-21-17-4-2-1-3-16(17)15(10-18(21)24(27)29)9-14-5-7-25-23-22(14)31-13-32-23/h1-7,9-10,13-15,17,25-26,33H,8,11-12,16H2;3-8,12-13,15-16,22-23,30H,9-11,14H2,1-2H3;3-8,12-13,15,21-22,29H,2,9-11,14H2,1H3;1-5,7,10,12,19-20,28H,6,8-9,11,13H2/t25-,26-;22-,23-;21-,22-;19-,20-/m0000/s1. The van der Waals surface area contributed by atoms with Crippen molar-refractivity contribution in [2.24, 2.45) is 0 Å². The highest BCUT2D eigenvalue weighted by Gasteiger charge is 2.33. The van der Waals surface area contributed by atoms with E-state index in [1.807, 2.05) is 146 Å². The van der Waals surface area contributed by atoms with Crippen molar-refractivity contribution in [1.29, 1.82) is 0 Å². The Kier molecular flexibility index (Phi) is 26.5. The molecule has 670 valence electrons. The molecule has 0 bridgehead atoms. The Morgan fingerprint density at radius 3 is 1.20 bits per heavy atom. The van der Waals surface area contributed by atoms with Gasteiger partial charge in [-0.3, -0.25) is 47.4 Å². The Labute approximate surface area is 766 Å². The minimum Gasteiger partial charge on any atom is -0.451 e. The molecule has 132 heavy (non-hydrogen) atoms. The van der Waals surface area contributed by atoms with Crippen LogP contribution < -0.4 is 31.7 Å². The lowest BCUT2D eigenvalue weighted by molar-refractivity contribution is -0.0395. The van der Waals surface area contributed by atoms with Crippen molar-refractivity contribution in [2.45, 2.75) is 136 Å². The molecule has 0 unspecified atom stereocenters. The van der Waals surface area contributed by atoms with Crippen LogP contribution in [0.5, 0.6) is 11.6 Å². The summed E-state index contributed by atoms with van der Waals surface area (Å²) in [5.74, 6) is 2.12. The molecule has 5 aliphatic rings. The average Bonchev–Trinajstić information content (AvgIpc) is 1.32. The number of rotatable bonds is 17. The first-order valence-electron chi connectivity index (χ1n) is 44.5. The van der Waals surface area contributed by atoms with Crippen LogP contribution in [-0.2, 0) is 44.6 Å². The molecule has 9 aromatic heterocycles. The number of fused-ring (bicyclic) bond motifs is 13. The molecular weight excluding hydrogens is 1710 g/mol. The number of aliphatic hydroxyl groups is 4. The summed E-state index contributed by atoms with van der Waals surface area (Å²) in [4.78, 5) is 94.8. The third-order valence-corrected chi connectivity index (χ3v) is 26.8. The van der Waals surface area contributed by atoms with Gasteiger partial charge in [-0.1, -0.05) is 130 Å². The molecule has 4 saturated heterocycles. The van der Waals surface area contributed by atoms with E-state index in [2.05, 4.69) is 108 Å². The second-order valence-electron chi connectivity index (χ2n) is 33.8. The number of aliphatic hydroxyl groups excluding tert-OH is 4. The third kappa shape index (κ3) is 18.5. The second-order valence-corrected chi connectivity index (χ2v) is 36.7. The summed E-state index contributed by atoms with van der Waals surface area (Å²) in [5.41, 5.74) is 12.3. The van der Waals surface area contributed by atoms with Gasteiger partial charge in [0.2, 0.25) is 6.79 Å². The van der Waals surface area contributed by atoms with E-state index in [1.54, 1.807) is 87.3 Å². The van der Waals surface area contributed by atoms with E-state index in [9.17, 15) is 39.6 Å². The molecule has 0 saturated carbocycles. The maximum Gasteiger partial charge on any atom is 0.261 e. The molecule has 0 spiro atoms. The highest BCUT2D eigenvalue weighted by Crippen LogP contribution is 2.39. The molecule has 29 heteroatoms. The highest BCUT2D eigenvalue weighted by atomic mass is 32.2. The number of aromatic nitrogens is 13. The number of benzene rings is 8. The summed E-state index contributed by atoms with van der Waals surface area (Å²) in [5, 5.41) is 54.4. The minimum absolute atomic E-state index is 0.124. The lowest BCUT2D eigenvalue weighted by atomic mass is 9.95. The van der Waals surface area contributed by atoms with E-state index in [4.69, 9.17) is 28.4 Å². The molecule has 5 aliphatic heterocycles. The van der Waals surface area contributed by atoms with Gasteiger partial charge in [0.15, 0.2) is 5.75 Å². The molecule has 0 aliphatic carbocycles. The summed E-state index contributed by atoms with van der Waals surface area (Å²) in [7, 11) is 0. The summed E-state index contributed by atoms with van der Waals surface area (Å²) in [6.45, 7) is 9.59. The second kappa shape index (κ2) is 39.6. The van der Waals surface area contributed by atoms with Crippen LogP contribution in [0.3, 0.4) is 0 Å². The molecule has 0 radical (unpaired) electrons. The summed E-state index contributed by atoms with van der Waals surface area (Å²) in [6.07, 6.45) is 19.1. The molecular formula is C103H97N13O14S2. The van der Waals surface area contributed by atoms with Crippen LogP contribution in [0, 0.1) is 0 Å². The predicted molar refractivity (Wildman–Crippen MR) is 511 cm³/mol. The SMILES string of the molecule is CC(C)Sc1ccc(Cc2cc3c(=O)n([C@H]4CCOC[C@@H]4O)cnc3c3ccccc23)cn1.CCSc1ccc(Cc2cc3c(=O)n([C@H]4CCOC[C@@H]4O)cnc3c3ccccc23)cn1.O=c1c2cc(Cc3ccnc(-c4cccnc4)c3)c3ccccc3c2ncn1[C@H]1COCC[C@@H]1O.O=c1c2cc(Cc3ccnc4c3OCO4)c3ccccc3c2ncn1[C@H]1CCOC[C@@H]1O. The van der Waals surface area contributed by atoms with Crippen molar-refractivity contribution in [3.63, 3.8) is 0 Å². The fourth-order valence-corrected chi connectivity index (χ4v) is 19.8. The van der Waals surface area contributed by atoms with Crippen LogP contribution >= 0.6 is 23.5 Å². The van der Waals surface area contributed by atoms with Gasteiger partial charge in [-0.15, -0.1) is 23.5 Å². The molecule has 22 rings (SSSR count). The summed E-state index contributed by atoms with van der Waals surface area (Å²) < 4.78 is 38.8. The molecule has 0 amide bonds. The van der Waals surface area contributed by atoms with Crippen LogP contribution in [0.25, 0.3) is 98.0 Å². The molecule has 8 aromatic carbocycles. The quantitative estimate of drug-likeness (QED) is 0.0486. The normalized spacial score (nSPS) is 19.0. The first-order chi connectivity index (χ1) is 64.6. The molecule has 8 atom stereocenters. The van der Waals surface area contributed by atoms with Crippen LogP contribution in [0.2, 0.25) is 0 Å². The van der Waals surface area contributed by atoms with Crippen LogP contribution in [0.1, 0.15) is 115 Å². The van der Waals surface area contributed by atoms with Crippen LogP contribution in [0.4, 0.5) is 0 Å². The Morgan fingerprint density at radius 1 is 0.371 bits per heavy atom. The zero-order valence-corrected chi connectivity index (χ0v) is 74.6. The smallest absolute Gasteiger partial charge is 0.261 e. The lowest BCUT2D eigenvalue weighted by Gasteiger charge is -2.29. The Bertz CT molecular complexity index is 7400. The van der Waals surface area contributed by atoms with E-state index in [-0.39, 0.29) is 67.0 Å². The lowest BCUT2D eigenvalue weighted by Crippen LogP contribution is -2.39. The highest BCUT2D eigenvalue weighted by molar-refractivity contribution is 7.99. The van der Waals surface area contributed by atoms with Crippen molar-refractivity contribution in [3.05, 3.63) is 324 Å². The van der Waals surface area contributed by atoms with Crippen LogP contribution in [-0.4, -0.2) is 179 Å². The van der Waals surface area contributed by atoms with Crippen LogP contribution in [0.15, 0.2) is 268 Å². The Morgan fingerprint density at radius 2 is 0.788 bits per heavy atom. The number of hydrogen-bond donors (Lipinski definition) is 4. The maximum absolute atomic E-state index is 13.6. The zero-order valence-electron chi connectivity index (χ0n) is 72.9. The predicted octanol–water partition coefficient (Wildman–Crippen LogP) is 14.8. The van der Waals surface area contributed by atoms with Gasteiger partial charge in [-0.2, -0.15) is 0 Å². The van der Waals surface area contributed by atoms with E-state index in [1.165, 1.54) is 4.57 Å². The fraction of sp³-hybridized carbons (Fsp3) is 0.291. The van der Waals surface area contributed by atoms with E-state index in [0.29, 0.717) is 145 Å². The molecule has 4 fully saturated rings. The molecule has 27 nitrogen and oxygen atoms in total. The average molecular weight is 1810 g/mol. The topological polar surface area (TPSA) is 340 Å². The van der Waals surface area contributed by atoms with Gasteiger partial charge in [0, 0.05) is 108 Å². The zero-order chi connectivity index (χ0) is 90.5. The first-order valence-corrected chi connectivity index (χ1v) is 46.4. The largest absolute Gasteiger partial charge is 0.451 e. The Hall–Kier alpha value is -12.9. The fourth-order valence-electron chi connectivity index (χ4n) is 18.5. The van der Waals surface area contributed by atoms with E-state index >= 15 is 0 Å². The van der Waals surface area contributed by atoms with Crippen molar-refractivity contribution in [2.75, 3.05) is 65.4 Å². The number of nitrogens with zero attached hydrogens (tertiary/aromatic N) is 13. The Balaban J connectivity index is 0.000000114. The van der Waals surface area contributed by atoms with Crippen molar-refractivity contribution in [1.82, 2.24) is 63.1 Å². The van der Waals surface area contributed by atoms with Gasteiger partial charge in [-0.25, -0.2) is 34.9 Å². The number of hydrogen-bond acceptors (Lipinski definition) is 25. The number of thioether (sulfide) groups is 2. The van der Waals surface area contributed by atoms with Crippen molar-refractivity contribution >= 4 is 110 Å². The maximum atomic E-state index is 13.6. The molecule has 4 N–H and O–H groups in total. The van der Waals surface area contributed by atoms with Gasteiger partial charge in [0.05, 0.1) is 160 Å². The van der Waals surface area contributed by atoms with Crippen molar-refractivity contribution in [3.8, 4) is 22.9 Å². The summed E-state index contributed by atoms with van der Waals surface area (Å²) in [6, 6.07) is 56.7. The summed E-state index contributed by atoms with van der Waals surface area (Å²) >= 11 is 3.46. The van der Waals surface area contributed by atoms with Gasteiger partial charge in [0.1, 0.15) is 0 Å². The van der Waals surface area contributed by atoms with E-state index < -0.39 is 30.5 Å². The number of pyridine rings is 5. The van der Waals surface area contributed by atoms with Crippen molar-refractivity contribution < 1.29 is 48.8 Å². The molecule has 17 aromatic rings. The number of ether oxygens (including phenoxy) is 6. The van der Waals surface area contributed by atoms with Gasteiger partial charge in [0.25, 0.3) is 28.1 Å².